The second-order valence-electron chi connectivity index (χ2n) is 5.16. The van der Waals surface area contributed by atoms with Crippen LogP contribution in [-0.2, 0) is 6.18 Å². The minimum Gasteiger partial charge on any atom is -0.390 e. The van der Waals surface area contributed by atoms with Gasteiger partial charge in [0, 0.05) is 23.5 Å². The molecule has 1 aromatic carbocycles. The van der Waals surface area contributed by atoms with Gasteiger partial charge in [0.2, 0.25) is 0 Å². The van der Waals surface area contributed by atoms with Gasteiger partial charge in [-0.25, -0.2) is 9.98 Å². The van der Waals surface area contributed by atoms with E-state index in [0.29, 0.717) is 22.6 Å². The van der Waals surface area contributed by atoms with Crippen molar-refractivity contribution in [2.75, 3.05) is 0 Å². The number of alkyl halides is 3. The van der Waals surface area contributed by atoms with Crippen molar-refractivity contribution in [2.45, 2.75) is 6.18 Å². The van der Waals surface area contributed by atoms with Crippen LogP contribution in [0.2, 0.25) is 0 Å². The number of rotatable bonds is 3. The lowest BCUT2D eigenvalue weighted by Gasteiger charge is -2.12. The summed E-state index contributed by atoms with van der Waals surface area (Å²) in [6, 6.07) is 12.0. The number of nitrogens with zero attached hydrogens (tertiary/aromatic N) is 3. The first-order valence-corrected chi connectivity index (χ1v) is 7.32. The fourth-order valence-electron chi connectivity index (χ4n) is 2.44. The van der Waals surface area contributed by atoms with E-state index >= 15 is 0 Å². The molecule has 2 N–H and O–H groups in total. The van der Waals surface area contributed by atoms with E-state index in [1.807, 2.05) is 0 Å². The smallest absolute Gasteiger partial charge is 0.390 e. The Hall–Kier alpha value is -3.22. The Morgan fingerprint density at radius 3 is 2.52 bits per heavy atom. The monoisotopic (exact) mass is 342 g/mol. The summed E-state index contributed by atoms with van der Waals surface area (Å²) in [5.41, 5.74) is 6.80. The van der Waals surface area contributed by atoms with Gasteiger partial charge in [-0.05, 0) is 35.9 Å². The average molecular weight is 342 g/mol. The molecule has 0 saturated carbocycles. The van der Waals surface area contributed by atoms with E-state index in [4.69, 9.17) is 5.73 Å². The molecule has 0 radical (unpaired) electrons. The number of benzene rings is 1. The molecule has 0 unspecified atom stereocenters. The van der Waals surface area contributed by atoms with Crippen molar-refractivity contribution in [3.8, 4) is 22.4 Å². The molecule has 0 aliphatic carbocycles. The fourth-order valence-corrected chi connectivity index (χ4v) is 2.44. The molecule has 0 aliphatic rings. The second kappa shape index (κ2) is 6.72. The molecule has 0 bridgehead atoms. The molecule has 4 nitrogen and oxygen atoms in total. The zero-order valence-corrected chi connectivity index (χ0v) is 12.9. The maximum atomic E-state index is 13.0. The standard InChI is InChI=1S/C18H13F3N4/c19-18(20,21)14-4-1-3-13(9-14)17-15(5-2-7-24-17)12-6-8-23-16(10-12)25-11-22/h1-11H,(H2,22,23,25). The van der Waals surface area contributed by atoms with Crippen LogP contribution in [-0.4, -0.2) is 16.3 Å². The highest BCUT2D eigenvalue weighted by molar-refractivity contribution is 5.81. The molecule has 0 fully saturated rings. The Balaban J connectivity index is 2.13. The quantitative estimate of drug-likeness (QED) is 0.565. The predicted octanol–water partition coefficient (Wildman–Crippen LogP) is 4.45. The van der Waals surface area contributed by atoms with Crippen LogP contribution in [0.25, 0.3) is 22.4 Å². The maximum absolute atomic E-state index is 13.0. The number of pyridine rings is 2. The number of hydrogen-bond donors (Lipinski definition) is 1. The van der Waals surface area contributed by atoms with Crippen molar-refractivity contribution in [2.24, 2.45) is 10.7 Å². The first-order chi connectivity index (χ1) is 12.0. The molecule has 7 heteroatoms. The topological polar surface area (TPSA) is 64.2 Å². The van der Waals surface area contributed by atoms with Gasteiger partial charge in [-0.1, -0.05) is 18.2 Å². The minimum atomic E-state index is -4.41. The zero-order valence-electron chi connectivity index (χ0n) is 12.9. The van der Waals surface area contributed by atoms with Crippen LogP contribution in [0.1, 0.15) is 5.56 Å². The molecule has 126 valence electrons. The number of aromatic nitrogens is 2. The predicted molar refractivity (Wildman–Crippen MR) is 90.2 cm³/mol. The molecular formula is C18H13F3N4. The van der Waals surface area contributed by atoms with E-state index < -0.39 is 11.7 Å². The highest BCUT2D eigenvalue weighted by atomic mass is 19.4. The van der Waals surface area contributed by atoms with Gasteiger partial charge in [-0.15, -0.1) is 0 Å². The largest absolute Gasteiger partial charge is 0.416 e. The Labute approximate surface area is 141 Å². The van der Waals surface area contributed by atoms with Crippen molar-refractivity contribution in [1.29, 1.82) is 0 Å². The lowest BCUT2D eigenvalue weighted by atomic mass is 9.99. The van der Waals surface area contributed by atoms with Crippen molar-refractivity contribution < 1.29 is 13.2 Å². The van der Waals surface area contributed by atoms with E-state index in [0.717, 1.165) is 24.0 Å². The SMILES string of the molecule is NC=Nc1cc(-c2cccnc2-c2cccc(C(F)(F)F)c2)ccn1. The van der Waals surface area contributed by atoms with E-state index in [1.54, 1.807) is 42.7 Å². The fraction of sp³-hybridized carbons (Fsp3) is 0.0556. The lowest BCUT2D eigenvalue weighted by molar-refractivity contribution is -0.137. The Morgan fingerprint density at radius 2 is 1.76 bits per heavy atom. The number of halogens is 3. The molecule has 2 aromatic heterocycles. The summed E-state index contributed by atoms with van der Waals surface area (Å²) in [7, 11) is 0. The van der Waals surface area contributed by atoms with Crippen molar-refractivity contribution in [1.82, 2.24) is 9.97 Å². The van der Waals surface area contributed by atoms with E-state index in [1.165, 1.54) is 6.07 Å². The molecular weight excluding hydrogens is 329 g/mol. The zero-order chi connectivity index (χ0) is 17.9. The first-order valence-electron chi connectivity index (χ1n) is 7.32. The molecule has 3 aromatic rings. The van der Waals surface area contributed by atoms with Crippen molar-refractivity contribution >= 4 is 12.2 Å². The molecule has 0 aliphatic heterocycles. The van der Waals surface area contributed by atoms with Crippen LogP contribution >= 0.6 is 0 Å². The molecule has 3 rings (SSSR count). The second-order valence-corrected chi connectivity index (χ2v) is 5.16. The third-order valence-electron chi connectivity index (χ3n) is 3.53. The third-order valence-corrected chi connectivity index (χ3v) is 3.53. The molecule has 0 amide bonds. The normalized spacial score (nSPS) is 11.8. The van der Waals surface area contributed by atoms with Crippen LogP contribution in [0.15, 0.2) is 65.9 Å². The van der Waals surface area contributed by atoms with Crippen LogP contribution in [0.3, 0.4) is 0 Å². The molecule has 0 spiro atoms. The molecule has 25 heavy (non-hydrogen) atoms. The highest BCUT2D eigenvalue weighted by Gasteiger charge is 2.30. The molecule has 2 heterocycles. The van der Waals surface area contributed by atoms with E-state index in [9.17, 15) is 13.2 Å². The minimum absolute atomic E-state index is 0.381. The van der Waals surface area contributed by atoms with Gasteiger partial charge in [0.1, 0.15) is 0 Å². The maximum Gasteiger partial charge on any atom is 0.416 e. The number of aliphatic imine (C=N–C) groups is 1. The van der Waals surface area contributed by atoms with Gasteiger partial charge in [-0.3, -0.25) is 4.98 Å². The Bertz CT molecular complexity index is 920. The van der Waals surface area contributed by atoms with Crippen LogP contribution < -0.4 is 5.73 Å². The summed E-state index contributed by atoms with van der Waals surface area (Å²) in [4.78, 5) is 12.2. The van der Waals surface area contributed by atoms with Crippen molar-refractivity contribution in [3.05, 3.63) is 66.5 Å². The van der Waals surface area contributed by atoms with Crippen LogP contribution in [0.5, 0.6) is 0 Å². The van der Waals surface area contributed by atoms with Gasteiger partial charge < -0.3 is 5.73 Å². The molecule has 0 saturated heterocycles. The number of nitrogens with two attached hydrogens (primary N) is 1. The number of hydrogen-bond acceptors (Lipinski definition) is 3. The third kappa shape index (κ3) is 3.65. The van der Waals surface area contributed by atoms with Crippen molar-refractivity contribution in [3.63, 3.8) is 0 Å². The van der Waals surface area contributed by atoms with Gasteiger partial charge in [0.15, 0.2) is 5.82 Å². The summed E-state index contributed by atoms with van der Waals surface area (Å²) >= 11 is 0. The van der Waals surface area contributed by atoms with Gasteiger partial charge in [0.05, 0.1) is 17.6 Å². The Kier molecular flexibility index (Phi) is 4.47. The lowest BCUT2D eigenvalue weighted by Crippen LogP contribution is -2.04. The summed E-state index contributed by atoms with van der Waals surface area (Å²) < 4.78 is 39.0. The highest BCUT2D eigenvalue weighted by Crippen LogP contribution is 2.35. The Morgan fingerprint density at radius 1 is 0.920 bits per heavy atom. The first kappa shape index (κ1) is 16.6. The summed E-state index contributed by atoms with van der Waals surface area (Å²) in [5, 5.41) is 0. The van der Waals surface area contributed by atoms with E-state index in [2.05, 4.69) is 15.0 Å². The van der Waals surface area contributed by atoms with Crippen LogP contribution in [0.4, 0.5) is 19.0 Å². The molecule has 0 atom stereocenters. The van der Waals surface area contributed by atoms with Crippen LogP contribution in [0, 0.1) is 0 Å². The average Bonchev–Trinajstić information content (AvgIpc) is 2.62. The van der Waals surface area contributed by atoms with Gasteiger partial charge in [0.25, 0.3) is 0 Å². The summed E-state index contributed by atoms with van der Waals surface area (Å²) in [6.07, 6.45) is -0.187. The van der Waals surface area contributed by atoms with Gasteiger partial charge >= 0.3 is 6.18 Å². The summed E-state index contributed by atoms with van der Waals surface area (Å²) in [6.45, 7) is 0. The van der Waals surface area contributed by atoms with E-state index in [-0.39, 0.29) is 0 Å². The summed E-state index contributed by atoms with van der Waals surface area (Å²) in [5.74, 6) is 0.402. The van der Waals surface area contributed by atoms with Gasteiger partial charge in [-0.2, -0.15) is 13.2 Å².